The van der Waals surface area contributed by atoms with Crippen LogP contribution in [-0.2, 0) is 14.8 Å². The van der Waals surface area contributed by atoms with Crippen molar-refractivity contribution < 1.29 is 13.2 Å². The highest BCUT2D eigenvalue weighted by atomic mass is 35.5. The van der Waals surface area contributed by atoms with Crippen LogP contribution in [0.3, 0.4) is 0 Å². The molecule has 0 saturated heterocycles. The predicted octanol–water partition coefficient (Wildman–Crippen LogP) is 2.36. The molecule has 114 valence electrons. The van der Waals surface area contributed by atoms with Gasteiger partial charge in [0.1, 0.15) is 0 Å². The molecule has 0 amide bonds. The Balaban J connectivity index is 3.17. The van der Waals surface area contributed by atoms with E-state index in [-0.39, 0.29) is 16.6 Å². The Bertz CT molecular complexity index is 549. The summed E-state index contributed by atoms with van der Waals surface area (Å²) in [4.78, 5) is 0.149. The van der Waals surface area contributed by atoms with Gasteiger partial charge >= 0.3 is 0 Å². The first-order chi connectivity index (χ1) is 9.34. The Hall–Kier alpha value is -0.820. The molecule has 1 rings (SSSR count). The van der Waals surface area contributed by atoms with Crippen LogP contribution in [0.5, 0.6) is 0 Å². The van der Waals surface area contributed by atoms with E-state index in [9.17, 15) is 8.42 Å². The average molecular weight is 321 g/mol. The van der Waals surface area contributed by atoms with E-state index in [1.54, 1.807) is 7.11 Å². The quantitative estimate of drug-likeness (QED) is 0.783. The molecular weight excluding hydrogens is 300 g/mol. The molecule has 0 saturated carbocycles. The fourth-order valence-corrected chi connectivity index (χ4v) is 3.62. The lowest BCUT2D eigenvalue weighted by Gasteiger charge is -2.27. The van der Waals surface area contributed by atoms with Gasteiger partial charge in [-0.25, -0.2) is 8.42 Å². The summed E-state index contributed by atoms with van der Waals surface area (Å²) in [6.45, 7) is 4.45. The van der Waals surface area contributed by atoms with Crippen molar-refractivity contribution in [3.8, 4) is 0 Å². The number of rotatable bonds is 7. The Morgan fingerprint density at radius 2 is 2.10 bits per heavy atom. The van der Waals surface area contributed by atoms with E-state index >= 15 is 0 Å². The Kier molecular flexibility index (Phi) is 6.26. The minimum Gasteiger partial charge on any atom is -0.397 e. The summed E-state index contributed by atoms with van der Waals surface area (Å²) in [7, 11) is -2.07. The van der Waals surface area contributed by atoms with Crippen molar-refractivity contribution in [2.45, 2.75) is 31.2 Å². The van der Waals surface area contributed by atoms with Crippen molar-refractivity contribution in [2.24, 2.45) is 0 Å². The van der Waals surface area contributed by atoms with Gasteiger partial charge in [0, 0.05) is 19.7 Å². The number of methoxy groups -OCH3 is 1. The second-order valence-corrected chi connectivity index (χ2v) is 6.85. The molecular formula is C13H21ClN2O3S. The predicted molar refractivity (Wildman–Crippen MR) is 81.4 cm³/mol. The summed E-state index contributed by atoms with van der Waals surface area (Å²) in [6.07, 6.45) is 0.714. The third-order valence-corrected chi connectivity index (χ3v) is 5.53. The van der Waals surface area contributed by atoms with Crippen molar-refractivity contribution in [2.75, 3.05) is 26.0 Å². The zero-order chi connectivity index (χ0) is 15.3. The minimum atomic E-state index is -3.61. The topological polar surface area (TPSA) is 72.6 Å². The van der Waals surface area contributed by atoms with Gasteiger partial charge in [0.25, 0.3) is 0 Å². The van der Waals surface area contributed by atoms with Crippen LogP contribution in [0, 0.1) is 0 Å². The third-order valence-electron chi connectivity index (χ3n) is 3.17. The number of halogens is 1. The maximum Gasteiger partial charge on any atom is 0.243 e. The summed E-state index contributed by atoms with van der Waals surface area (Å²) in [5.74, 6) is 0. The molecule has 0 aliphatic carbocycles. The lowest BCUT2D eigenvalue weighted by Crippen LogP contribution is -2.40. The number of nitrogens with zero attached hydrogens (tertiary/aromatic N) is 1. The SMILES string of the molecule is CCC(C)N(CCOC)S(=O)(=O)c1ccc(Cl)c(N)c1. The molecule has 0 aliphatic heterocycles. The number of hydrogen-bond acceptors (Lipinski definition) is 4. The van der Waals surface area contributed by atoms with Crippen molar-refractivity contribution in [3.63, 3.8) is 0 Å². The molecule has 0 bridgehead atoms. The highest BCUT2D eigenvalue weighted by Crippen LogP contribution is 2.25. The van der Waals surface area contributed by atoms with Crippen molar-refractivity contribution in [3.05, 3.63) is 23.2 Å². The van der Waals surface area contributed by atoms with Gasteiger partial charge in [-0.15, -0.1) is 0 Å². The van der Waals surface area contributed by atoms with Crippen LogP contribution in [0.2, 0.25) is 5.02 Å². The number of nitrogens with two attached hydrogens (primary N) is 1. The van der Waals surface area contributed by atoms with E-state index in [2.05, 4.69) is 0 Å². The van der Waals surface area contributed by atoms with E-state index in [0.717, 1.165) is 0 Å². The van der Waals surface area contributed by atoms with Crippen LogP contribution in [0.4, 0.5) is 5.69 Å². The Morgan fingerprint density at radius 3 is 2.60 bits per heavy atom. The van der Waals surface area contributed by atoms with Gasteiger partial charge in [-0.05, 0) is 31.5 Å². The van der Waals surface area contributed by atoms with Crippen molar-refractivity contribution >= 4 is 27.3 Å². The number of sulfonamides is 1. The minimum absolute atomic E-state index is 0.118. The van der Waals surface area contributed by atoms with Gasteiger partial charge < -0.3 is 10.5 Å². The summed E-state index contributed by atoms with van der Waals surface area (Å²) in [5.41, 5.74) is 5.94. The molecule has 0 radical (unpaired) electrons. The summed E-state index contributed by atoms with van der Waals surface area (Å²) >= 11 is 5.83. The van der Waals surface area contributed by atoms with Gasteiger partial charge in [0.05, 0.1) is 22.2 Å². The monoisotopic (exact) mass is 320 g/mol. The number of nitrogen functional groups attached to an aromatic ring is 1. The lowest BCUT2D eigenvalue weighted by atomic mass is 10.3. The van der Waals surface area contributed by atoms with Gasteiger partial charge in [-0.2, -0.15) is 4.31 Å². The molecule has 2 N–H and O–H groups in total. The van der Waals surface area contributed by atoms with E-state index < -0.39 is 10.0 Å². The zero-order valence-corrected chi connectivity index (χ0v) is 13.5. The number of benzene rings is 1. The first kappa shape index (κ1) is 17.2. The fraction of sp³-hybridized carbons (Fsp3) is 0.538. The maximum atomic E-state index is 12.7. The molecule has 5 nitrogen and oxygen atoms in total. The van der Waals surface area contributed by atoms with E-state index in [0.29, 0.717) is 24.6 Å². The molecule has 1 aromatic carbocycles. The van der Waals surface area contributed by atoms with Crippen LogP contribution in [-0.4, -0.2) is 39.0 Å². The molecule has 7 heteroatoms. The molecule has 0 spiro atoms. The second-order valence-electron chi connectivity index (χ2n) is 4.55. The summed E-state index contributed by atoms with van der Waals surface area (Å²) < 4.78 is 31.8. The van der Waals surface area contributed by atoms with Crippen LogP contribution in [0.25, 0.3) is 0 Å². The molecule has 0 heterocycles. The summed E-state index contributed by atoms with van der Waals surface area (Å²) in [5, 5.41) is 0.343. The molecule has 1 aromatic rings. The first-order valence-electron chi connectivity index (χ1n) is 6.40. The molecule has 1 atom stereocenters. The van der Waals surface area contributed by atoms with Crippen LogP contribution in [0.15, 0.2) is 23.1 Å². The molecule has 1 unspecified atom stereocenters. The van der Waals surface area contributed by atoms with E-state index in [4.69, 9.17) is 22.1 Å². The molecule has 0 aromatic heterocycles. The fourth-order valence-electron chi connectivity index (χ4n) is 1.78. The first-order valence-corrected chi connectivity index (χ1v) is 8.22. The van der Waals surface area contributed by atoms with Crippen LogP contribution in [0.1, 0.15) is 20.3 Å². The van der Waals surface area contributed by atoms with Gasteiger partial charge in [-0.1, -0.05) is 18.5 Å². The molecule has 0 fully saturated rings. The normalized spacial score (nSPS) is 13.7. The zero-order valence-electron chi connectivity index (χ0n) is 12.0. The van der Waals surface area contributed by atoms with Crippen LogP contribution < -0.4 is 5.73 Å². The highest BCUT2D eigenvalue weighted by molar-refractivity contribution is 7.89. The standard InChI is InChI=1S/C13H21ClN2O3S/c1-4-10(2)16(7-8-19-3)20(17,18)11-5-6-12(14)13(15)9-11/h5-6,9-10H,4,7-8,15H2,1-3H3. The highest BCUT2D eigenvalue weighted by Gasteiger charge is 2.28. The molecule has 0 aliphatic rings. The maximum absolute atomic E-state index is 12.7. The lowest BCUT2D eigenvalue weighted by molar-refractivity contribution is 0.167. The Morgan fingerprint density at radius 1 is 1.45 bits per heavy atom. The largest absolute Gasteiger partial charge is 0.397 e. The van der Waals surface area contributed by atoms with Gasteiger partial charge in [-0.3, -0.25) is 0 Å². The van der Waals surface area contributed by atoms with Crippen molar-refractivity contribution in [1.29, 1.82) is 0 Å². The third kappa shape index (κ3) is 3.85. The second kappa shape index (κ2) is 7.26. The van der Waals surface area contributed by atoms with E-state index in [1.165, 1.54) is 22.5 Å². The van der Waals surface area contributed by atoms with Gasteiger partial charge in [0.15, 0.2) is 0 Å². The number of anilines is 1. The number of hydrogen-bond donors (Lipinski definition) is 1. The smallest absolute Gasteiger partial charge is 0.243 e. The van der Waals surface area contributed by atoms with Crippen molar-refractivity contribution in [1.82, 2.24) is 4.31 Å². The summed E-state index contributed by atoms with van der Waals surface area (Å²) in [6, 6.07) is 4.23. The number of ether oxygens (including phenoxy) is 1. The molecule has 20 heavy (non-hydrogen) atoms. The Labute approximate surface area is 125 Å². The average Bonchev–Trinajstić information content (AvgIpc) is 2.41. The van der Waals surface area contributed by atoms with E-state index in [1.807, 2.05) is 13.8 Å². The van der Waals surface area contributed by atoms with Gasteiger partial charge in [0.2, 0.25) is 10.0 Å². The van der Waals surface area contributed by atoms with Crippen LogP contribution >= 0.6 is 11.6 Å².